The first kappa shape index (κ1) is 10.6. The summed E-state index contributed by atoms with van der Waals surface area (Å²) in [5, 5.41) is 27.6. The van der Waals surface area contributed by atoms with Crippen LogP contribution in [0.5, 0.6) is 0 Å². The molecular weight excluding hydrogens is 208 g/mol. The van der Waals surface area contributed by atoms with E-state index < -0.39 is 33.8 Å². The number of carboxylic acids is 2. The Hall–Kier alpha value is -2.51. The molecule has 0 saturated heterocycles. The zero-order valence-corrected chi connectivity index (χ0v) is 7.08. The van der Waals surface area contributed by atoms with E-state index >= 15 is 0 Å². The standard InChI is InChI=1S/C7H4N2O6/c10-6(11)4-3(9(14)15)1-2-8-5(4)7(12)13/h1-2H,(H,10,11)(H,12,13). The van der Waals surface area contributed by atoms with Crippen molar-refractivity contribution in [3.63, 3.8) is 0 Å². The van der Waals surface area contributed by atoms with Gasteiger partial charge in [0.25, 0.3) is 5.69 Å². The topological polar surface area (TPSA) is 131 Å². The fourth-order valence-electron chi connectivity index (χ4n) is 0.977. The quantitative estimate of drug-likeness (QED) is 0.546. The van der Waals surface area contributed by atoms with Crippen LogP contribution in [-0.2, 0) is 0 Å². The maximum Gasteiger partial charge on any atom is 0.355 e. The number of aromatic carboxylic acids is 2. The highest BCUT2D eigenvalue weighted by atomic mass is 16.6. The fraction of sp³-hybridized carbons (Fsp3) is 0. The van der Waals surface area contributed by atoms with Crippen molar-refractivity contribution in [2.45, 2.75) is 0 Å². The van der Waals surface area contributed by atoms with E-state index in [4.69, 9.17) is 10.2 Å². The molecule has 0 fully saturated rings. The lowest BCUT2D eigenvalue weighted by Gasteiger charge is -2.00. The van der Waals surface area contributed by atoms with Gasteiger partial charge in [-0.2, -0.15) is 0 Å². The molecule has 15 heavy (non-hydrogen) atoms. The highest BCUT2D eigenvalue weighted by molar-refractivity contribution is 6.03. The lowest BCUT2D eigenvalue weighted by atomic mass is 10.1. The van der Waals surface area contributed by atoms with Crippen LogP contribution in [0.4, 0.5) is 5.69 Å². The number of carboxylic acid groups (broad SMARTS) is 2. The molecule has 0 saturated carbocycles. The van der Waals surface area contributed by atoms with E-state index in [1.807, 2.05) is 0 Å². The van der Waals surface area contributed by atoms with Crippen molar-refractivity contribution in [2.24, 2.45) is 0 Å². The number of nitrogens with zero attached hydrogens (tertiary/aromatic N) is 2. The first-order valence-corrected chi connectivity index (χ1v) is 3.55. The van der Waals surface area contributed by atoms with E-state index in [0.29, 0.717) is 0 Å². The molecule has 0 amide bonds. The molecule has 1 heterocycles. The summed E-state index contributed by atoms with van der Waals surface area (Å²) >= 11 is 0. The number of hydrogen-bond acceptors (Lipinski definition) is 5. The molecule has 8 nitrogen and oxygen atoms in total. The summed E-state index contributed by atoms with van der Waals surface area (Å²) in [5.74, 6) is -3.33. The number of rotatable bonds is 3. The van der Waals surface area contributed by atoms with E-state index in [9.17, 15) is 19.7 Å². The van der Waals surface area contributed by atoms with Gasteiger partial charge in [-0.25, -0.2) is 14.6 Å². The average Bonchev–Trinajstić information content (AvgIpc) is 2.16. The van der Waals surface area contributed by atoms with Crippen LogP contribution in [0.15, 0.2) is 12.3 Å². The Labute approximate surface area is 81.9 Å². The van der Waals surface area contributed by atoms with Gasteiger partial charge >= 0.3 is 11.9 Å². The summed E-state index contributed by atoms with van der Waals surface area (Å²) in [7, 11) is 0. The highest BCUT2D eigenvalue weighted by Crippen LogP contribution is 2.20. The zero-order valence-electron chi connectivity index (χ0n) is 7.08. The Morgan fingerprint density at radius 3 is 2.33 bits per heavy atom. The normalized spacial score (nSPS) is 9.60. The monoisotopic (exact) mass is 212 g/mol. The van der Waals surface area contributed by atoms with Gasteiger partial charge in [0.15, 0.2) is 11.3 Å². The highest BCUT2D eigenvalue weighted by Gasteiger charge is 2.27. The lowest BCUT2D eigenvalue weighted by Crippen LogP contribution is -2.13. The molecule has 0 unspecified atom stereocenters. The van der Waals surface area contributed by atoms with Gasteiger partial charge in [0, 0.05) is 12.3 Å². The van der Waals surface area contributed by atoms with Crippen LogP contribution in [0.3, 0.4) is 0 Å². The summed E-state index contributed by atoms with van der Waals surface area (Å²) in [5.41, 5.74) is -2.57. The largest absolute Gasteiger partial charge is 0.477 e. The van der Waals surface area contributed by atoms with Crippen molar-refractivity contribution >= 4 is 17.6 Å². The number of aromatic nitrogens is 1. The van der Waals surface area contributed by atoms with Gasteiger partial charge in [-0.1, -0.05) is 0 Å². The Morgan fingerprint density at radius 2 is 1.93 bits per heavy atom. The number of nitro groups is 1. The molecule has 1 aromatic heterocycles. The van der Waals surface area contributed by atoms with Gasteiger partial charge in [-0.05, 0) is 0 Å². The molecule has 0 spiro atoms. The van der Waals surface area contributed by atoms with Gasteiger partial charge in [0.2, 0.25) is 0 Å². The van der Waals surface area contributed by atoms with Crippen LogP contribution in [0.2, 0.25) is 0 Å². The van der Waals surface area contributed by atoms with Crippen LogP contribution in [0.25, 0.3) is 0 Å². The first-order valence-electron chi connectivity index (χ1n) is 3.55. The molecule has 0 aliphatic heterocycles. The van der Waals surface area contributed by atoms with Crippen molar-refractivity contribution in [3.05, 3.63) is 33.6 Å². The molecule has 0 atom stereocenters. The minimum atomic E-state index is -1.70. The average molecular weight is 212 g/mol. The number of pyridine rings is 1. The van der Waals surface area contributed by atoms with E-state index in [2.05, 4.69) is 4.98 Å². The Morgan fingerprint density at radius 1 is 1.33 bits per heavy atom. The smallest absolute Gasteiger partial charge is 0.355 e. The van der Waals surface area contributed by atoms with Crippen LogP contribution in [-0.4, -0.2) is 32.1 Å². The summed E-state index contributed by atoms with van der Waals surface area (Å²) in [6.07, 6.45) is 0.869. The molecule has 0 bridgehead atoms. The second-order valence-electron chi connectivity index (χ2n) is 2.42. The van der Waals surface area contributed by atoms with Crippen molar-refractivity contribution < 1.29 is 24.7 Å². The maximum absolute atomic E-state index is 10.6. The number of hydrogen-bond donors (Lipinski definition) is 2. The first-order chi connectivity index (χ1) is 6.95. The maximum atomic E-state index is 10.6. The van der Waals surface area contributed by atoms with E-state index in [-0.39, 0.29) is 0 Å². The van der Waals surface area contributed by atoms with Gasteiger partial charge in [-0.15, -0.1) is 0 Å². The van der Waals surface area contributed by atoms with Gasteiger partial charge < -0.3 is 10.2 Å². The van der Waals surface area contributed by atoms with Crippen molar-refractivity contribution in [2.75, 3.05) is 0 Å². The minimum Gasteiger partial charge on any atom is -0.477 e. The Kier molecular flexibility index (Phi) is 2.61. The molecular formula is C7H4N2O6. The van der Waals surface area contributed by atoms with Crippen LogP contribution in [0, 0.1) is 10.1 Å². The lowest BCUT2D eigenvalue weighted by molar-refractivity contribution is -0.385. The third-order valence-corrected chi connectivity index (χ3v) is 1.54. The molecule has 0 aliphatic rings. The Bertz CT molecular complexity index is 423. The van der Waals surface area contributed by atoms with Gasteiger partial charge in [0.1, 0.15) is 0 Å². The number of carbonyl (C=O) groups is 2. The predicted octanol–water partition coefficient (Wildman–Crippen LogP) is 0.386. The predicted molar refractivity (Wildman–Crippen MR) is 44.8 cm³/mol. The second kappa shape index (κ2) is 3.70. The van der Waals surface area contributed by atoms with E-state index in [1.54, 1.807) is 0 Å². The third kappa shape index (κ3) is 1.88. The SMILES string of the molecule is O=C(O)c1nccc([N+](=O)[O-])c1C(=O)O. The molecule has 2 N–H and O–H groups in total. The van der Waals surface area contributed by atoms with Gasteiger partial charge in [0.05, 0.1) is 4.92 Å². The Balaban J connectivity index is 3.56. The molecule has 8 heteroatoms. The van der Waals surface area contributed by atoms with Gasteiger partial charge in [-0.3, -0.25) is 10.1 Å². The van der Waals surface area contributed by atoms with E-state index in [0.717, 1.165) is 12.3 Å². The molecule has 1 aromatic rings. The molecule has 78 valence electrons. The summed E-state index contributed by atoms with van der Waals surface area (Å²) < 4.78 is 0. The van der Waals surface area contributed by atoms with Crippen LogP contribution < -0.4 is 0 Å². The minimum absolute atomic E-state index is 0.796. The summed E-state index contributed by atoms with van der Waals surface area (Å²) in [4.78, 5) is 33.9. The molecule has 0 aliphatic carbocycles. The fourth-order valence-corrected chi connectivity index (χ4v) is 0.977. The van der Waals surface area contributed by atoms with Crippen molar-refractivity contribution in [1.82, 2.24) is 4.98 Å². The molecule has 1 rings (SSSR count). The third-order valence-electron chi connectivity index (χ3n) is 1.54. The van der Waals surface area contributed by atoms with E-state index in [1.165, 1.54) is 0 Å². The van der Waals surface area contributed by atoms with Crippen LogP contribution in [0.1, 0.15) is 20.8 Å². The molecule has 0 radical (unpaired) electrons. The van der Waals surface area contributed by atoms with Crippen molar-refractivity contribution in [1.29, 1.82) is 0 Å². The van der Waals surface area contributed by atoms with Crippen LogP contribution >= 0.6 is 0 Å². The zero-order chi connectivity index (χ0) is 11.6. The second-order valence-corrected chi connectivity index (χ2v) is 2.42. The van der Waals surface area contributed by atoms with Crippen molar-refractivity contribution in [3.8, 4) is 0 Å². The summed E-state index contributed by atoms with van der Waals surface area (Å²) in [6.45, 7) is 0. The molecule has 0 aromatic carbocycles. The summed E-state index contributed by atoms with van der Waals surface area (Å²) in [6, 6.07) is 0.829.